The van der Waals surface area contributed by atoms with Crippen molar-refractivity contribution in [3.05, 3.63) is 28.4 Å². The van der Waals surface area contributed by atoms with E-state index in [2.05, 4.69) is 4.98 Å². The number of nitrogens with zero attached hydrogens (tertiary/aromatic N) is 1. The van der Waals surface area contributed by atoms with Crippen LogP contribution >= 0.6 is 0 Å². The molecule has 0 atom stereocenters. The maximum atomic E-state index is 10.7. The predicted octanol–water partition coefficient (Wildman–Crippen LogP) is 0.0783. The second-order valence-corrected chi connectivity index (χ2v) is 1.15. The van der Waals surface area contributed by atoms with Crippen LogP contribution in [0.5, 0.6) is 0 Å². The van der Waals surface area contributed by atoms with Gasteiger partial charge in [0, 0.05) is 10.3 Å². The fraction of sp³-hybridized carbons (Fsp3) is 0.200. The number of hydrogen-bond donors (Lipinski definition) is 1. The van der Waals surface area contributed by atoms with Crippen LogP contribution in [0.3, 0.4) is 0 Å². The van der Waals surface area contributed by atoms with Crippen molar-refractivity contribution in [2.75, 3.05) is 0 Å². The van der Waals surface area contributed by atoms with Crippen LogP contribution in [-0.2, 0) is 0 Å². The van der Waals surface area contributed by atoms with E-state index in [1.807, 2.05) is 4.98 Å². The summed E-state index contributed by atoms with van der Waals surface area (Å²) in [4.78, 5) is 15.8. The summed E-state index contributed by atoms with van der Waals surface area (Å²) in [6.45, 7) is -2.57. The van der Waals surface area contributed by atoms with Crippen LogP contribution in [0.4, 0.5) is 0 Å². The molecule has 0 fully saturated rings. The highest BCUT2D eigenvalue weighted by Crippen LogP contribution is 1.77. The van der Waals surface area contributed by atoms with Crippen molar-refractivity contribution < 1.29 is 6.85 Å². The predicted molar refractivity (Wildman–Crippen MR) is 29.6 cm³/mol. The van der Waals surface area contributed by atoms with Gasteiger partial charge < -0.3 is 4.98 Å². The summed E-state index contributed by atoms with van der Waals surface area (Å²) in [7, 11) is 0. The topological polar surface area (TPSA) is 45.8 Å². The minimum atomic E-state index is -2.57. The molecular formula is C5H6N2O. The van der Waals surface area contributed by atoms with Gasteiger partial charge in [0.15, 0.2) is 0 Å². The van der Waals surface area contributed by atoms with Crippen molar-refractivity contribution >= 4 is 0 Å². The third-order valence-electron chi connectivity index (χ3n) is 0.564. The van der Waals surface area contributed by atoms with Crippen LogP contribution in [0.1, 0.15) is 12.5 Å². The third kappa shape index (κ3) is 0.932. The lowest BCUT2D eigenvalue weighted by atomic mass is 10.5. The van der Waals surface area contributed by atoms with E-state index in [0.29, 0.717) is 0 Å². The van der Waals surface area contributed by atoms with Gasteiger partial charge in [-0.2, -0.15) is 0 Å². The van der Waals surface area contributed by atoms with Gasteiger partial charge in [-0.05, 0) is 6.85 Å². The lowest BCUT2D eigenvalue weighted by molar-refractivity contribution is 1.07. The quantitative estimate of drug-likeness (QED) is 0.520. The summed E-state index contributed by atoms with van der Waals surface area (Å²) in [5, 5.41) is 0. The largest absolute Gasteiger partial charge is 0.326 e. The number of H-pyrrole nitrogens is 1. The number of aromatic nitrogens is 2. The van der Waals surface area contributed by atoms with Gasteiger partial charge in [0.1, 0.15) is 0 Å². The number of nitrogens with one attached hydrogen (secondary N) is 1. The van der Waals surface area contributed by atoms with E-state index in [-0.39, 0.29) is 0 Å². The van der Waals surface area contributed by atoms with Gasteiger partial charge in [-0.25, -0.2) is 0 Å². The van der Waals surface area contributed by atoms with Gasteiger partial charge in [0.05, 0.1) is 14.6 Å². The number of rotatable bonds is 0. The summed E-state index contributed by atoms with van der Waals surface area (Å²) >= 11 is 0. The fourth-order valence-electron chi connectivity index (χ4n) is 0.279. The number of aryl methyl sites for hydroxylation is 1. The van der Waals surface area contributed by atoms with E-state index in [4.69, 9.17) is 6.85 Å². The molecule has 0 spiro atoms. The smallest absolute Gasteiger partial charge is 0.266 e. The molecule has 0 amide bonds. The maximum Gasteiger partial charge on any atom is 0.266 e. The number of aromatic amines is 1. The van der Waals surface area contributed by atoms with Crippen LogP contribution in [0.15, 0.2) is 17.1 Å². The molecule has 3 nitrogen and oxygen atoms in total. The Morgan fingerprint density at radius 1 is 2.12 bits per heavy atom. The molecule has 0 radical (unpaired) electrons. The van der Waals surface area contributed by atoms with Crippen molar-refractivity contribution in [1.82, 2.24) is 9.97 Å². The normalized spacial score (nSPS) is 19.8. The van der Waals surface area contributed by atoms with Gasteiger partial charge in [-0.3, -0.25) is 9.78 Å². The molecule has 3 heteroatoms. The molecule has 1 aromatic rings. The zero-order chi connectivity index (χ0) is 10.2. The van der Waals surface area contributed by atoms with E-state index in [0.717, 1.165) is 0 Å². The van der Waals surface area contributed by atoms with E-state index in [1.165, 1.54) is 0 Å². The maximum absolute atomic E-state index is 10.7. The van der Waals surface area contributed by atoms with Crippen LogP contribution in [0.25, 0.3) is 0 Å². The molecule has 0 bridgehead atoms. The number of hydrogen-bond acceptors (Lipinski definition) is 2. The monoisotopic (exact) mass is 115 g/mol. The van der Waals surface area contributed by atoms with Crippen molar-refractivity contribution in [3.8, 4) is 0 Å². The molecule has 0 saturated heterocycles. The molecule has 42 valence electrons. The first-order valence-electron chi connectivity index (χ1n) is 4.40. The Hall–Kier alpha value is -1.12. The van der Waals surface area contributed by atoms with Crippen molar-refractivity contribution in [2.45, 2.75) is 6.85 Å². The van der Waals surface area contributed by atoms with Gasteiger partial charge in [-0.1, -0.05) is 0 Å². The molecule has 1 aromatic heterocycles. The first-order chi connectivity index (χ1) is 5.82. The summed E-state index contributed by atoms with van der Waals surface area (Å²) in [6.07, 6.45) is -1.26. The first-order valence-corrected chi connectivity index (χ1v) is 1.90. The molecule has 1 rings (SSSR count). The van der Waals surface area contributed by atoms with Gasteiger partial charge >= 0.3 is 0 Å². The molecule has 0 aliphatic heterocycles. The molecule has 0 aliphatic carbocycles. The summed E-state index contributed by atoms with van der Waals surface area (Å²) < 4.78 is 34.8. The Labute approximate surface area is 53.4 Å². The van der Waals surface area contributed by atoms with E-state index in [1.54, 1.807) is 0 Å². The highest BCUT2D eigenvalue weighted by atomic mass is 16.1. The minimum Gasteiger partial charge on any atom is -0.326 e. The van der Waals surface area contributed by atoms with Crippen molar-refractivity contribution in [2.24, 2.45) is 0 Å². The van der Waals surface area contributed by atoms with E-state index < -0.39 is 30.5 Å². The van der Waals surface area contributed by atoms with Crippen molar-refractivity contribution in [3.63, 3.8) is 0 Å². The van der Waals surface area contributed by atoms with Crippen LogP contribution < -0.4 is 5.56 Å². The molecule has 0 unspecified atom stereocenters. The van der Waals surface area contributed by atoms with Gasteiger partial charge in [0.25, 0.3) is 5.56 Å². The van der Waals surface area contributed by atoms with Crippen LogP contribution in [0.2, 0.25) is 0 Å². The van der Waals surface area contributed by atoms with Gasteiger partial charge in [0.2, 0.25) is 0 Å². The van der Waals surface area contributed by atoms with E-state index >= 15 is 0 Å². The summed E-state index contributed by atoms with van der Waals surface area (Å²) in [5.41, 5.74) is -1.42. The molecule has 0 saturated carbocycles. The zero-order valence-corrected chi connectivity index (χ0v) is 3.86. The lowest BCUT2D eigenvalue weighted by Gasteiger charge is -1.83. The molecule has 0 aromatic carbocycles. The molecule has 0 aliphatic rings. The van der Waals surface area contributed by atoms with Crippen LogP contribution in [-0.4, -0.2) is 9.97 Å². The Balaban J connectivity index is 3.41. The third-order valence-corrected chi connectivity index (χ3v) is 0.564. The minimum absolute atomic E-state index is 0.558. The Bertz CT molecular complexity index is 381. The summed E-state index contributed by atoms with van der Waals surface area (Å²) in [5.74, 6) is 0. The second kappa shape index (κ2) is 1.78. The molecular weight excluding hydrogens is 104 g/mol. The first kappa shape index (κ1) is 1.69. The average molecular weight is 115 g/mol. The lowest BCUT2D eigenvalue weighted by Crippen LogP contribution is -2.03. The summed E-state index contributed by atoms with van der Waals surface area (Å²) in [6, 6.07) is 0. The van der Waals surface area contributed by atoms with Crippen molar-refractivity contribution in [1.29, 1.82) is 0 Å². The highest BCUT2D eigenvalue weighted by molar-refractivity contribution is 4.89. The zero-order valence-electron chi connectivity index (χ0n) is 8.86. The molecule has 8 heavy (non-hydrogen) atoms. The standard InChI is InChI=1S/C5H6N2O/c1-4-2-7-5(8)3-6-4/h2-3H,1H3,(H,7,8)/i1D3,2D,3D. The van der Waals surface area contributed by atoms with Crippen LogP contribution in [0, 0.1) is 6.85 Å². The Morgan fingerprint density at radius 2 is 3.00 bits per heavy atom. The highest BCUT2D eigenvalue weighted by Gasteiger charge is 1.80. The van der Waals surface area contributed by atoms with Gasteiger partial charge in [-0.15, -0.1) is 0 Å². The Kier molecular flexibility index (Phi) is 0.374. The second-order valence-electron chi connectivity index (χ2n) is 1.15. The Morgan fingerprint density at radius 3 is 3.75 bits per heavy atom. The fourth-order valence-corrected chi connectivity index (χ4v) is 0.279. The average Bonchev–Trinajstić information content (AvgIpc) is 1.94. The van der Waals surface area contributed by atoms with E-state index in [9.17, 15) is 4.79 Å². The SMILES string of the molecule is [2H]c1[nH]c(=O)c([2H])nc1C([2H])([2H])[2H]. The molecule has 1 heterocycles. The molecule has 1 N–H and O–H groups in total.